The van der Waals surface area contributed by atoms with Crippen molar-refractivity contribution in [3.05, 3.63) is 66.0 Å². The summed E-state index contributed by atoms with van der Waals surface area (Å²) in [6, 6.07) is 9.47. The fraction of sp³-hybridized carbons (Fsp3) is 0.300. The van der Waals surface area contributed by atoms with Gasteiger partial charge < -0.3 is 10.1 Å². The summed E-state index contributed by atoms with van der Waals surface area (Å²) in [5.74, 6) is -0.108. The lowest BCUT2D eigenvalue weighted by atomic mass is 9.98. The Balaban J connectivity index is 1.65. The second kappa shape index (κ2) is 5.62. The lowest BCUT2D eigenvalue weighted by molar-refractivity contribution is -0.116. The molecular weight excluding hydrogens is 316 g/mol. The molecular formula is C20H20N2O3. The zero-order valence-corrected chi connectivity index (χ0v) is 14.2. The van der Waals surface area contributed by atoms with Gasteiger partial charge >= 0.3 is 0 Å². The third kappa shape index (κ3) is 2.38. The molecule has 5 heteroatoms. The SMILES string of the molecule is CC1=CC(=O)N(c2ccccc2)C1(C)OC=C1C(=O)NC2C=CCC12. The zero-order chi connectivity index (χ0) is 17.6. The number of carbonyl (C=O) groups is 2. The number of allylic oxidation sites excluding steroid dienone is 1. The number of anilines is 1. The number of fused-ring (bicyclic) bond motifs is 1. The van der Waals surface area contributed by atoms with Gasteiger partial charge in [-0.2, -0.15) is 0 Å². The number of ether oxygens (including phenoxy) is 1. The first-order valence-corrected chi connectivity index (χ1v) is 8.44. The van der Waals surface area contributed by atoms with Gasteiger partial charge in [0, 0.05) is 17.7 Å². The maximum absolute atomic E-state index is 12.5. The fourth-order valence-electron chi connectivity index (χ4n) is 3.71. The van der Waals surface area contributed by atoms with E-state index in [-0.39, 0.29) is 23.8 Å². The van der Waals surface area contributed by atoms with E-state index in [0.29, 0.717) is 5.57 Å². The Morgan fingerprint density at radius 3 is 2.80 bits per heavy atom. The van der Waals surface area contributed by atoms with Crippen molar-refractivity contribution in [2.75, 3.05) is 4.90 Å². The summed E-state index contributed by atoms with van der Waals surface area (Å²) in [6.07, 6.45) is 8.04. The molecule has 128 valence electrons. The number of para-hydroxylation sites is 1. The van der Waals surface area contributed by atoms with Crippen molar-refractivity contribution in [1.82, 2.24) is 5.32 Å². The fourth-order valence-corrected chi connectivity index (χ4v) is 3.71. The minimum Gasteiger partial charge on any atom is -0.471 e. The molecule has 5 nitrogen and oxygen atoms in total. The number of amides is 2. The van der Waals surface area contributed by atoms with Crippen LogP contribution in [-0.4, -0.2) is 23.6 Å². The van der Waals surface area contributed by atoms with Crippen LogP contribution >= 0.6 is 0 Å². The summed E-state index contributed by atoms with van der Waals surface area (Å²) >= 11 is 0. The molecule has 4 rings (SSSR count). The highest BCUT2D eigenvalue weighted by Gasteiger charge is 2.45. The summed E-state index contributed by atoms with van der Waals surface area (Å²) < 4.78 is 6.09. The normalized spacial score (nSPS) is 32.2. The quantitative estimate of drug-likeness (QED) is 0.524. The molecule has 0 bridgehead atoms. The smallest absolute Gasteiger partial charge is 0.254 e. The molecule has 0 spiro atoms. The van der Waals surface area contributed by atoms with Crippen molar-refractivity contribution < 1.29 is 14.3 Å². The molecule has 1 aromatic carbocycles. The Morgan fingerprint density at radius 2 is 2.04 bits per heavy atom. The van der Waals surface area contributed by atoms with Crippen molar-refractivity contribution >= 4 is 17.5 Å². The van der Waals surface area contributed by atoms with Crippen molar-refractivity contribution in [3.8, 4) is 0 Å². The molecule has 1 N–H and O–H groups in total. The number of rotatable bonds is 3. The van der Waals surface area contributed by atoms with Crippen LogP contribution in [0.4, 0.5) is 5.69 Å². The van der Waals surface area contributed by atoms with Crippen LogP contribution in [0, 0.1) is 5.92 Å². The predicted octanol–water partition coefficient (Wildman–Crippen LogP) is 2.67. The standard InChI is InChI=1S/C20H20N2O3/c1-13-11-18(23)22(14-7-4-3-5-8-14)20(13,2)25-12-16-15-9-6-10-17(15)21-19(16)24/h3-8,10-12,15,17H,9H2,1-2H3,(H,21,24). The molecule has 1 aliphatic carbocycles. The van der Waals surface area contributed by atoms with Crippen LogP contribution in [0.3, 0.4) is 0 Å². The van der Waals surface area contributed by atoms with Crippen molar-refractivity contribution in [2.24, 2.45) is 5.92 Å². The summed E-state index contributed by atoms with van der Waals surface area (Å²) in [5.41, 5.74) is 1.25. The van der Waals surface area contributed by atoms with Crippen molar-refractivity contribution in [2.45, 2.75) is 32.0 Å². The van der Waals surface area contributed by atoms with E-state index in [2.05, 4.69) is 11.4 Å². The molecule has 0 aromatic heterocycles. The Labute approximate surface area is 146 Å². The minimum absolute atomic E-state index is 0.0576. The lowest BCUT2D eigenvalue weighted by Gasteiger charge is -2.36. The summed E-state index contributed by atoms with van der Waals surface area (Å²) in [5, 5.41) is 2.95. The van der Waals surface area contributed by atoms with E-state index < -0.39 is 5.72 Å². The topological polar surface area (TPSA) is 58.6 Å². The summed E-state index contributed by atoms with van der Waals surface area (Å²) in [4.78, 5) is 26.3. The van der Waals surface area contributed by atoms with Gasteiger partial charge in [-0.1, -0.05) is 30.4 Å². The Bertz CT molecular complexity index is 825. The molecule has 25 heavy (non-hydrogen) atoms. The van der Waals surface area contributed by atoms with Gasteiger partial charge in [-0.25, -0.2) is 0 Å². The van der Waals surface area contributed by atoms with E-state index in [0.717, 1.165) is 17.7 Å². The summed E-state index contributed by atoms with van der Waals surface area (Å²) in [7, 11) is 0. The third-order valence-electron chi connectivity index (χ3n) is 5.27. The highest BCUT2D eigenvalue weighted by atomic mass is 16.5. The lowest BCUT2D eigenvalue weighted by Crippen LogP contribution is -2.47. The highest BCUT2D eigenvalue weighted by Crippen LogP contribution is 2.38. The van der Waals surface area contributed by atoms with E-state index in [1.54, 1.807) is 17.2 Å². The summed E-state index contributed by atoms with van der Waals surface area (Å²) in [6.45, 7) is 3.72. The molecule has 3 aliphatic rings. The van der Waals surface area contributed by atoms with Gasteiger partial charge in [0.15, 0.2) is 0 Å². The minimum atomic E-state index is -0.949. The molecule has 1 aromatic rings. The number of nitrogens with zero attached hydrogens (tertiary/aromatic N) is 1. The van der Waals surface area contributed by atoms with E-state index in [9.17, 15) is 9.59 Å². The number of hydrogen-bond acceptors (Lipinski definition) is 3. The molecule has 1 fully saturated rings. The monoisotopic (exact) mass is 336 g/mol. The molecule has 0 radical (unpaired) electrons. The van der Waals surface area contributed by atoms with Gasteiger partial charge in [0.2, 0.25) is 5.72 Å². The molecule has 2 amide bonds. The Hall–Kier alpha value is -2.82. The second-order valence-corrected chi connectivity index (χ2v) is 6.78. The van der Waals surface area contributed by atoms with Gasteiger partial charge in [0.1, 0.15) is 0 Å². The predicted molar refractivity (Wildman–Crippen MR) is 94.4 cm³/mol. The van der Waals surface area contributed by atoms with E-state index in [1.165, 1.54) is 0 Å². The maximum Gasteiger partial charge on any atom is 0.254 e. The van der Waals surface area contributed by atoms with Crippen molar-refractivity contribution in [1.29, 1.82) is 0 Å². The third-order valence-corrected chi connectivity index (χ3v) is 5.27. The first-order valence-electron chi connectivity index (χ1n) is 8.44. The van der Waals surface area contributed by atoms with Crippen LogP contribution in [-0.2, 0) is 14.3 Å². The largest absolute Gasteiger partial charge is 0.471 e. The van der Waals surface area contributed by atoms with Gasteiger partial charge in [-0.05, 0) is 38.0 Å². The number of carbonyl (C=O) groups excluding carboxylic acids is 2. The highest BCUT2D eigenvalue weighted by molar-refractivity contribution is 6.06. The van der Waals surface area contributed by atoms with E-state index in [4.69, 9.17) is 4.74 Å². The van der Waals surface area contributed by atoms with E-state index >= 15 is 0 Å². The molecule has 3 unspecified atom stereocenters. The maximum atomic E-state index is 12.5. The molecule has 2 aliphatic heterocycles. The molecule has 1 saturated heterocycles. The van der Waals surface area contributed by atoms with Gasteiger partial charge in [-0.15, -0.1) is 0 Å². The first-order chi connectivity index (χ1) is 12.0. The number of hydrogen-bond donors (Lipinski definition) is 1. The molecule has 2 heterocycles. The second-order valence-electron chi connectivity index (χ2n) is 6.78. The van der Waals surface area contributed by atoms with Crippen LogP contribution in [0.1, 0.15) is 20.3 Å². The van der Waals surface area contributed by atoms with E-state index in [1.807, 2.05) is 50.3 Å². The van der Waals surface area contributed by atoms with Crippen LogP contribution in [0.25, 0.3) is 0 Å². The average Bonchev–Trinajstić information content (AvgIpc) is 3.20. The zero-order valence-electron chi connectivity index (χ0n) is 14.2. The Kier molecular flexibility index (Phi) is 3.53. The van der Waals surface area contributed by atoms with Crippen LogP contribution in [0.2, 0.25) is 0 Å². The van der Waals surface area contributed by atoms with Gasteiger partial charge in [0.05, 0.1) is 17.9 Å². The van der Waals surface area contributed by atoms with Crippen molar-refractivity contribution in [3.63, 3.8) is 0 Å². The van der Waals surface area contributed by atoms with Crippen LogP contribution < -0.4 is 10.2 Å². The number of benzene rings is 1. The molecule has 3 atom stereocenters. The Morgan fingerprint density at radius 1 is 1.28 bits per heavy atom. The number of nitrogens with one attached hydrogen (secondary N) is 1. The van der Waals surface area contributed by atoms with Gasteiger partial charge in [0.25, 0.3) is 11.8 Å². The average molecular weight is 336 g/mol. The van der Waals surface area contributed by atoms with Crippen LogP contribution in [0.5, 0.6) is 0 Å². The molecule has 0 saturated carbocycles. The first kappa shape index (κ1) is 15.7. The van der Waals surface area contributed by atoms with Gasteiger partial charge in [-0.3, -0.25) is 14.5 Å². The van der Waals surface area contributed by atoms with Crippen LogP contribution in [0.15, 0.2) is 66.0 Å².